The molecular formula is C78H57FIr5N5O2S2-5. The normalized spacial score (nSPS) is 10.1. The molecule has 93 heavy (non-hydrogen) atoms. The van der Waals surface area contributed by atoms with Crippen LogP contribution in [-0.4, -0.2) is 35.8 Å². The molecule has 7 nitrogen and oxygen atoms in total. The Morgan fingerprint density at radius 1 is 0.441 bits per heavy atom. The summed E-state index contributed by atoms with van der Waals surface area (Å²) in [5.41, 5.74) is 9.61. The quantitative estimate of drug-likeness (QED) is 0.101. The largest absolute Gasteiger partial charge is 0.512 e. The number of nitrogens with zero attached hydrogens (tertiary/aromatic N) is 5. The fourth-order valence-electron chi connectivity index (χ4n) is 9.33. The summed E-state index contributed by atoms with van der Waals surface area (Å²) in [4.78, 5) is 34.2. The smallest absolute Gasteiger partial charge is 0.155 e. The minimum Gasteiger partial charge on any atom is -0.512 e. The van der Waals surface area contributed by atoms with Crippen molar-refractivity contribution in [3.8, 4) is 54.9 Å². The number of hydrogen-bond acceptors (Lipinski definition) is 9. The fraction of sp³-hybridized carbons (Fsp3) is 0.0513. The molecule has 0 aliphatic heterocycles. The number of rotatable bonds is 6. The number of benzene rings is 8. The van der Waals surface area contributed by atoms with Gasteiger partial charge in [0.25, 0.3) is 0 Å². The Balaban J connectivity index is 0.000000203. The van der Waals surface area contributed by atoms with E-state index in [1.54, 1.807) is 41.9 Å². The van der Waals surface area contributed by atoms with E-state index in [0.717, 1.165) is 65.7 Å². The van der Waals surface area contributed by atoms with Gasteiger partial charge in [-0.2, -0.15) is 0 Å². The Morgan fingerprint density at radius 3 is 1.26 bits per heavy atom. The topological polar surface area (TPSA) is 102 Å². The maximum absolute atomic E-state index is 13.3. The predicted molar refractivity (Wildman–Crippen MR) is 362 cm³/mol. The maximum Gasteiger partial charge on any atom is 0.155 e. The molecule has 15 heteroatoms. The van der Waals surface area contributed by atoms with Gasteiger partial charge in [0.05, 0.1) is 5.76 Å². The predicted octanol–water partition coefficient (Wildman–Crippen LogP) is 20.4. The van der Waals surface area contributed by atoms with Crippen LogP contribution in [0.3, 0.4) is 0 Å². The minimum absolute atomic E-state index is 0. The van der Waals surface area contributed by atoms with Crippen molar-refractivity contribution in [3.63, 3.8) is 0 Å². The number of aromatic nitrogens is 5. The first kappa shape index (κ1) is 76.3. The third-order valence-electron chi connectivity index (χ3n) is 13.4. The van der Waals surface area contributed by atoms with E-state index in [-0.39, 0.29) is 118 Å². The van der Waals surface area contributed by atoms with Gasteiger partial charge in [-0.3, -0.25) is 9.18 Å². The second-order valence-corrected chi connectivity index (χ2v) is 22.1. The van der Waals surface area contributed by atoms with Gasteiger partial charge in [0.2, 0.25) is 0 Å². The molecule has 15 aromatic rings. The molecule has 7 heterocycles. The Kier molecular flexibility index (Phi) is 31.8. The molecule has 15 rings (SSSR count). The molecule has 0 saturated heterocycles. The van der Waals surface area contributed by atoms with Crippen LogP contribution in [0.15, 0.2) is 273 Å². The molecule has 475 valence electrons. The number of thiophene rings is 2. The number of allylic oxidation sites excluding steroid dienone is 2. The summed E-state index contributed by atoms with van der Waals surface area (Å²) < 4.78 is 15.8. The Labute approximate surface area is 617 Å². The number of carbonyl (C=O) groups is 1. The van der Waals surface area contributed by atoms with Crippen molar-refractivity contribution < 1.29 is 115 Å². The zero-order chi connectivity index (χ0) is 61.0. The van der Waals surface area contributed by atoms with Gasteiger partial charge in [-0.1, -0.05) is 141 Å². The van der Waals surface area contributed by atoms with Crippen molar-refractivity contribution in [1.82, 2.24) is 24.9 Å². The Bertz CT molecular complexity index is 4630. The molecule has 8 aromatic carbocycles. The van der Waals surface area contributed by atoms with Crippen molar-refractivity contribution in [3.05, 3.63) is 321 Å². The van der Waals surface area contributed by atoms with E-state index in [1.165, 1.54) is 73.3 Å². The summed E-state index contributed by atoms with van der Waals surface area (Å²) >= 11 is 3.46. The molecule has 0 unspecified atom stereocenters. The summed E-state index contributed by atoms with van der Waals surface area (Å²) in [6.45, 7) is 6.68. The summed E-state index contributed by atoms with van der Waals surface area (Å²) in [6, 6.07) is 92.4. The molecule has 1 N–H and O–H groups in total. The third kappa shape index (κ3) is 21.3. The molecule has 0 atom stereocenters. The van der Waals surface area contributed by atoms with Gasteiger partial charge in [0, 0.05) is 155 Å². The number of halogens is 1. The Morgan fingerprint density at radius 2 is 0.860 bits per heavy atom. The van der Waals surface area contributed by atoms with Crippen LogP contribution in [0, 0.1) is 50.0 Å². The average Bonchev–Trinajstić information content (AvgIpc) is 1.82. The molecule has 7 aromatic heterocycles. The van der Waals surface area contributed by atoms with E-state index in [1.807, 2.05) is 170 Å². The molecule has 0 bridgehead atoms. The summed E-state index contributed by atoms with van der Waals surface area (Å²) in [6.07, 6.45) is 10.3. The number of hydrogen-bond donors (Lipinski definition) is 1. The van der Waals surface area contributed by atoms with E-state index in [9.17, 15) is 9.18 Å². The van der Waals surface area contributed by atoms with Gasteiger partial charge in [-0.25, -0.2) is 22.7 Å². The summed E-state index contributed by atoms with van der Waals surface area (Å²) in [5.74, 6) is -0.300. The van der Waals surface area contributed by atoms with Crippen LogP contribution in [0.4, 0.5) is 4.39 Å². The van der Waals surface area contributed by atoms with Crippen LogP contribution in [0.1, 0.15) is 25.0 Å². The van der Waals surface area contributed by atoms with Crippen molar-refractivity contribution >= 4 is 80.9 Å². The van der Waals surface area contributed by atoms with Gasteiger partial charge < -0.3 is 30.0 Å². The maximum atomic E-state index is 13.3. The molecule has 0 fully saturated rings. The number of aryl methyl sites for hydroxylation is 2. The van der Waals surface area contributed by atoms with Crippen LogP contribution in [0.25, 0.3) is 107 Å². The first-order valence-electron chi connectivity index (χ1n) is 28.2. The van der Waals surface area contributed by atoms with Crippen LogP contribution in [-0.2, 0) is 105 Å². The van der Waals surface area contributed by atoms with Crippen LogP contribution < -0.4 is 0 Å². The number of aliphatic hydroxyl groups is 1. The zero-order valence-corrected chi connectivity index (χ0v) is 64.0. The number of aliphatic hydroxyl groups excluding tert-OH is 1. The number of ketones is 1. The average molecular weight is 2140 g/mol. The van der Waals surface area contributed by atoms with E-state index < -0.39 is 0 Å². The Hall–Kier alpha value is -7.40. The summed E-state index contributed by atoms with van der Waals surface area (Å²) in [5, 5.41) is 17.7. The molecule has 0 amide bonds. The number of pyridine rings is 5. The zero-order valence-electron chi connectivity index (χ0n) is 50.4. The number of carbonyl (C=O) groups excluding carboxylic acids is 1. The van der Waals surface area contributed by atoms with Crippen molar-refractivity contribution in [2.75, 3.05) is 0 Å². The molecule has 0 aliphatic rings. The first-order chi connectivity index (χ1) is 43.0. The molecule has 0 saturated carbocycles. The second kappa shape index (κ2) is 38.7. The van der Waals surface area contributed by atoms with Gasteiger partial charge in [0.15, 0.2) is 5.78 Å². The number of fused-ring (bicyclic) bond motifs is 5. The second-order valence-electron chi connectivity index (χ2n) is 20.0. The standard InChI is InChI=1S/C16H11FN.C16H12N.C15H10N.2C13H8NS.C5H8O2.5Ir/c1-11-10-13(6-7-15(11)17)16-14-5-3-2-4-12(14)8-9-18-16;1-12-5-4-7-14(11-12)16-15-8-3-2-6-13(15)9-10-17-16;1-2-7-13(8-3-1)15-14-9-5-4-6-12(14)10-11-16-15;2*1-2-7-12-10(5-1)9-13(15-12)11-6-3-4-8-14-11;1-4(6)3-5(2)7;;;;;/h2-5,7-10H,1H3;2-6,8-11H,1H3;1-7,9-11H;2*1-8H;3,6H,1-2H3;;;;;/q5*-1;;;;;;. The van der Waals surface area contributed by atoms with E-state index in [2.05, 4.69) is 135 Å². The fourth-order valence-corrected chi connectivity index (χ4v) is 11.3. The monoisotopic (exact) mass is 2140 g/mol. The van der Waals surface area contributed by atoms with Crippen LogP contribution in [0.2, 0.25) is 0 Å². The van der Waals surface area contributed by atoms with Crippen LogP contribution >= 0.6 is 22.7 Å². The van der Waals surface area contributed by atoms with Crippen molar-refractivity contribution in [2.45, 2.75) is 27.7 Å². The van der Waals surface area contributed by atoms with Gasteiger partial charge in [-0.15, -0.1) is 142 Å². The van der Waals surface area contributed by atoms with Crippen molar-refractivity contribution in [2.24, 2.45) is 0 Å². The van der Waals surface area contributed by atoms with E-state index >= 15 is 0 Å². The van der Waals surface area contributed by atoms with Crippen molar-refractivity contribution in [1.29, 1.82) is 0 Å². The molecule has 0 spiro atoms. The SMILES string of the molecule is CC(=O)C=C(C)O.Cc1cc(-c2nccc3ccccc23)[c-]cc1F.Cc1cc[c-]c(-c2nccc3ccccc23)c1.[Ir].[Ir].[Ir].[Ir].[Ir].[c-]1c(-c2ccccn2)sc2ccccc12.[c-]1c(-c2ccccn2)sc2ccccc12.[c-]1ccccc1-c1nccc2ccccc12. The summed E-state index contributed by atoms with van der Waals surface area (Å²) in [7, 11) is 0. The van der Waals surface area contributed by atoms with E-state index in [0.29, 0.717) is 5.56 Å². The van der Waals surface area contributed by atoms with Gasteiger partial charge in [-0.05, 0) is 113 Å². The molecule has 5 radical (unpaired) electrons. The van der Waals surface area contributed by atoms with Gasteiger partial charge >= 0.3 is 0 Å². The van der Waals surface area contributed by atoms with Crippen LogP contribution in [0.5, 0.6) is 0 Å². The van der Waals surface area contributed by atoms with E-state index in [4.69, 9.17) is 5.11 Å². The van der Waals surface area contributed by atoms with Gasteiger partial charge in [0.1, 0.15) is 0 Å². The third-order valence-corrected chi connectivity index (χ3v) is 15.6. The minimum atomic E-state index is -0.237. The first-order valence-corrected chi connectivity index (χ1v) is 29.9. The molecular weight excluding hydrogens is 2080 g/mol. The molecule has 0 aliphatic carbocycles.